The van der Waals surface area contributed by atoms with Gasteiger partial charge in [0.05, 0.1) is 49.2 Å². The minimum atomic E-state index is -0.665. The molecule has 0 aliphatic rings. The molecule has 14 heteroatoms. The minimum absolute atomic E-state index is 0.0447. The molecule has 0 amide bonds. The number of benzene rings is 7. The summed E-state index contributed by atoms with van der Waals surface area (Å²) in [5.41, 5.74) is 3.62. The van der Waals surface area contributed by atoms with Crippen molar-refractivity contribution in [1.82, 2.24) is 0 Å². The van der Waals surface area contributed by atoms with Crippen molar-refractivity contribution < 1.29 is 66.6 Å². The molecule has 0 N–H and O–H groups in total. The van der Waals surface area contributed by atoms with E-state index in [0.29, 0.717) is 47.2 Å². The van der Waals surface area contributed by atoms with Crippen LogP contribution in [-0.2, 0) is 4.74 Å². The Labute approximate surface area is 397 Å². The quantitative estimate of drug-likeness (QED) is 0.0588. The number of hydrogen-bond donors (Lipinski definition) is 0. The van der Waals surface area contributed by atoms with Crippen molar-refractivity contribution in [2.75, 3.05) is 27.9 Å². The van der Waals surface area contributed by atoms with Gasteiger partial charge < -0.3 is 42.6 Å². The zero-order valence-electron chi connectivity index (χ0n) is 38.2. The molecule has 0 saturated carbocycles. The predicted molar refractivity (Wildman–Crippen MR) is 253 cm³/mol. The molecule has 0 spiro atoms. The van der Waals surface area contributed by atoms with Crippen LogP contribution in [0.1, 0.15) is 70.7 Å². The molecule has 1 unspecified atom stereocenters. The van der Waals surface area contributed by atoms with Gasteiger partial charge in [0.1, 0.15) is 51.6 Å². The molecule has 0 aromatic heterocycles. The number of hydrogen-bond acceptors (Lipinski definition) is 14. The van der Waals surface area contributed by atoms with E-state index in [1.54, 1.807) is 79.9 Å². The van der Waals surface area contributed by atoms with Crippen molar-refractivity contribution in [3.63, 3.8) is 0 Å². The van der Waals surface area contributed by atoms with Gasteiger partial charge in [0, 0.05) is 19.6 Å². The molecule has 7 rings (SSSR count). The Morgan fingerprint density at radius 1 is 0.406 bits per heavy atom. The average molecular weight is 931 g/mol. The minimum Gasteiger partial charge on any atom is -0.497 e. The summed E-state index contributed by atoms with van der Waals surface area (Å²) in [5, 5.41) is 0. The Morgan fingerprint density at radius 2 is 0.812 bits per heavy atom. The third kappa shape index (κ3) is 12.8. The van der Waals surface area contributed by atoms with Gasteiger partial charge in [0.15, 0.2) is 0 Å². The van der Waals surface area contributed by atoms with Crippen LogP contribution < -0.4 is 37.9 Å². The van der Waals surface area contributed by atoms with E-state index < -0.39 is 29.8 Å². The maximum absolute atomic E-state index is 13.0. The lowest BCUT2D eigenvalue weighted by Crippen LogP contribution is -2.12. The number of ether oxygens (including phenoxy) is 9. The van der Waals surface area contributed by atoms with Gasteiger partial charge in [0.2, 0.25) is 0 Å². The van der Waals surface area contributed by atoms with E-state index in [0.717, 1.165) is 11.1 Å². The fourth-order valence-corrected chi connectivity index (χ4v) is 6.57. The summed E-state index contributed by atoms with van der Waals surface area (Å²) in [7, 11) is 4.61. The molecule has 7 aromatic carbocycles. The third-order valence-electron chi connectivity index (χ3n) is 10.6. The molecule has 0 saturated heterocycles. The second kappa shape index (κ2) is 22.6. The fraction of sp³-hybridized carbons (Fsp3) is 0.145. The van der Waals surface area contributed by atoms with E-state index >= 15 is 0 Å². The number of methoxy groups -OCH3 is 3. The molecule has 0 aliphatic heterocycles. The highest BCUT2D eigenvalue weighted by atomic mass is 16.6. The van der Waals surface area contributed by atoms with Gasteiger partial charge in [-0.3, -0.25) is 0 Å². The molecule has 0 bridgehead atoms. The van der Waals surface area contributed by atoms with E-state index in [1.165, 1.54) is 87.0 Å². The Morgan fingerprint density at radius 3 is 1.25 bits per heavy atom. The first-order valence-corrected chi connectivity index (χ1v) is 21.5. The van der Waals surface area contributed by atoms with Gasteiger partial charge in [0.25, 0.3) is 0 Å². The van der Waals surface area contributed by atoms with Crippen LogP contribution in [0.3, 0.4) is 0 Å². The van der Waals surface area contributed by atoms with E-state index in [4.69, 9.17) is 42.6 Å². The monoisotopic (exact) mass is 930 g/mol. The Balaban J connectivity index is 0.866. The Bertz CT molecular complexity index is 2930. The highest BCUT2D eigenvalue weighted by Crippen LogP contribution is 2.30. The van der Waals surface area contributed by atoms with Gasteiger partial charge in [-0.15, -0.1) is 0 Å². The van der Waals surface area contributed by atoms with E-state index in [1.807, 2.05) is 26.0 Å². The maximum Gasteiger partial charge on any atom is 0.347 e. The second-order valence-corrected chi connectivity index (χ2v) is 15.3. The smallest absolute Gasteiger partial charge is 0.347 e. The summed E-state index contributed by atoms with van der Waals surface area (Å²) in [6.07, 6.45) is 0.736. The van der Waals surface area contributed by atoms with Crippen molar-refractivity contribution in [3.8, 4) is 57.1 Å². The summed E-state index contributed by atoms with van der Waals surface area (Å²) in [4.78, 5) is 64.4. The van der Waals surface area contributed by atoms with Gasteiger partial charge in [-0.05, 0) is 164 Å². The molecular formula is C55H46O14. The summed E-state index contributed by atoms with van der Waals surface area (Å²) in [5.74, 6) is -0.304. The number of esters is 5. The van der Waals surface area contributed by atoms with Gasteiger partial charge in [-0.25, -0.2) is 24.0 Å². The molecule has 0 radical (unpaired) electrons. The van der Waals surface area contributed by atoms with Crippen LogP contribution in [0.25, 0.3) is 11.1 Å². The van der Waals surface area contributed by atoms with Crippen LogP contribution in [-0.4, -0.2) is 63.9 Å². The Kier molecular flexibility index (Phi) is 15.8. The largest absolute Gasteiger partial charge is 0.497 e. The van der Waals surface area contributed by atoms with Crippen molar-refractivity contribution in [3.05, 3.63) is 191 Å². The standard InChI is InChI=1S/C55H46O14/c1-34-32-41(16-29-49(34)69-54(59)40-14-23-45(24-15-40)66-51(56)37-8-17-42(62-4)18-9-37)36-6-19-43(20-7-36)65-52(57)38-10-21-44(22-11-38)67-53(58)39-12-25-46(26-13-39)68-55(60)48-28-27-47(33-50(48)63-5)64-31-30-35(2)61-3/h6-29,32-33,35H,30-31H2,1-5H3. The molecule has 14 nitrogen and oxygen atoms in total. The van der Waals surface area contributed by atoms with Gasteiger partial charge in [-0.1, -0.05) is 18.2 Å². The van der Waals surface area contributed by atoms with Crippen molar-refractivity contribution in [1.29, 1.82) is 0 Å². The second-order valence-electron chi connectivity index (χ2n) is 15.3. The summed E-state index contributed by atoms with van der Waals surface area (Å²) in [6, 6.07) is 41.4. The SMILES string of the molecule is COc1ccc(C(=O)Oc2ccc(C(=O)Oc3ccc(-c4ccc(OC(=O)c5ccc(OC(=O)c6ccc(OC(=O)c7ccc(OCCC(C)OC)cc7OC)cc6)cc5)cc4)cc3C)cc2)cc1. The molecule has 0 heterocycles. The molecule has 69 heavy (non-hydrogen) atoms. The van der Waals surface area contributed by atoms with Crippen molar-refractivity contribution >= 4 is 29.8 Å². The number of carbonyl (C=O) groups excluding carboxylic acids is 5. The predicted octanol–water partition coefficient (Wildman–Crippen LogP) is 10.6. The fourth-order valence-electron chi connectivity index (χ4n) is 6.57. The Hall–Kier alpha value is -8.75. The van der Waals surface area contributed by atoms with Crippen LogP contribution in [0, 0.1) is 6.92 Å². The van der Waals surface area contributed by atoms with Crippen molar-refractivity contribution in [2.45, 2.75) is 26.4 Å². The number of rotatable bonds is 18. The van der Waals surface area contributed by atoms with Crippen LogP contribution >= 0.6 is 0 Å². The molecule has 7 aromatic rings. The normalized spacial score (nSPS) is 11.1. The summed E-state index contributed by atoms with van der Waals surface area (Å²) >= 11 is 0. The zero-order chi connectivity index (χ0) is 48.9. The highest BCUT2D eigenvalue weighted by Gasteiger charge is 2.19. The van der Waals surface area contributed by atoms with Crippen LogP contribution in [0.4, 0.5) is 0 Å². The first kappa shape index (κ1) is 48.2. The zero-order valence-corrected chi connectivity index (χ0v) is 38.2. The average Bonchev–Trinajstić information content (AvgIpc) is 3.37. The lowest BCUT2D eigenvalue weighted by atomic mass is 10.0. The van der Waals surface area contributed by atoms with Gasteiger partial charge >= 0.3 is 29.8 Å². The maximum atomic E-state index is 13.0. The van der Waals surface area contributed by atoms with Crippen LogP contribution in [0.2, 0.25) is 0 Å². The van der Waals surface area contributed by atoms with E-state index in [9.17, 15) is 24.0 Å². The highest BCUT2D eigenvalue weighted by molar-refractivity contribution is 5.96. The van der Waals surface area contributed by atoms with Crippen LogP contribution in [0.15, 0.2) is 158 Å². The van der Waals surface area contributed by atoms with Gasteiger partial charge in [-0.2, -0.15) is 0 Å². The first-order chi connectivity index (χ1) is 33.4. The number of carbonyl (C=O) groups is 5. The number of aryl methyl sites for hydroxylation is 1. The molecular weight excluding hydrogens is 885 g/mol. The molecule has 1 atom stereocenters. The first-order valence-electron chi connectivity index (χ1n) is 21.5. The molecule has 0 aliphatic carbocycles. The topological polar surface area (TPSA) is 168 Å². The molecule has 0 fully saturated rings. The lowest BCUT2D eigenvalue weighted by Gasteiger charge is -2.13. The van der Waals surface area contributed by atoms with Crippen LogP contribution in [0.5, 0.6) is 46.0 Å². The summed E-state index contributed by atoms with van der Waals surface area (Å²) in [6.45, 7) is 4.19. The van der Waals surface area contributed by atoms with E-state index in [-0.39, 0.29) is 51.4 Å². The van der Waals surface area contributed by atoms with Crippen molar-refractivity contribution in [2.24, 2.45) is 0 Å². The van der Waals surface area contributed by atoms with E-state index in [2.05, 4.69) is 0 Å². The third-order valence-corrected chi connectivity index (χ3v) is 10.6. The summed E-state index contributed by atoms with van der Waals surface area (Å²) < 4.78 is 49.2. The lowest BCUT2D eigenvalue weighted by molar-refractivity contribution is 0.0718. The molecule has 350 valence electrons.